The summed E-state index contributed by atoms with van der Waals surface area (Å²) in [5, 5.41) is 7.71. The minimum absolute atomic E-state index is 1.03. The first-order chi connectivity index (χ1) is 6.75. The molecule has 1 fully saturated rings. The molecule has 0 radical (unpaired) electrons. The first kappa shape index (κ1) is 9.46. The number of piperidine rings is 1. The highest BCUT2D eigenvalue weighted by Gasteiger charge is 2.06. The molecule has 1 aliphatic heterocycles. The molecular formula is C11H17N3. The van der Waals surface area contributed by atoms with E-state index in [-0.39, 0.29) is 0 Å². The number of aromatic nitrogens is 2. The lowest BCUT2D eigenvalue weighted by molar-refractivity contribution is 0.612. The number of rotatable bonds is 1. The lowest BCUT2D eigenvalue weighted by Gasteiger charge is -2.15. The molecule has 1 saturated heterocycles. The highest BCUT2D eigenvalue weighted by atomic mass is 15.3. The van der Waals surface area contributed by atoms with Gasteiger partial charge >= 0.3 is 0 Å². The maximum atomic E-state index is 4.33. The standard InChI is InChI=1S/C11H17N3/c1-9-6-11(14(2)13-9)7-10-4-3-5-12-8-10/h6-7,12H,3-5,8H2,1-2H3. The molecule has 0 aliphatic carbocycles. The zero-order valence-corrected chi connectivity index (χ0v) is 8.88. The zero-order valence-electron chi connectivity index (χ0n) is 8.88. The van der Waals surface area contributed by atoms with Crippen LogP contribution >= 0.6 is 0 Å². The van der Waals surface area contributed by atoms with Gasteiger partial charge in [0.15, 0.2) is 0 Å². The van der Waals surface area contributed by atoms with Crippen molar-refractivity contribution in [2.75, 3.05) is 13.1 Å². The van der Waals surface area contributed by atoms with E-state index >= 15 is 0 Å². The van der Waals surface area contributed by atoms with Crippen LogP contribution in [0, 0.1) is 6.92 Å². The quantitative estimate of drug-likeness (QED) is 0.729. The van der Waals surface area contributed by atoms with Crippen molar-refractivity contribution < 1.29 is 0 Å². The minimum Gasteiger partial charge on any atom is -0.313 e. The van der Waals surface area contributed by atoms with Crippen LogP contribution in [-0.2, 0) is 7.05 Å². The van der Waals surface area contributed by atoms with Crippen molar-refractivity contribution in [3.8, 4) is 0 Å². The summed E-state index contributed by atoms with van der Waals surface area (Å²) in [4.78, 5) is 0. The van der Waals surface area contributed by atoms with Crippen molar-refractivity contribution in [2.45, 2.75) is 19.8 Å². The minimum atomic E-state index is 1.03. The van der Waals surface area contributed by atoms with Gasteiger partial charge < -0.3 is 5.32 Å². The van der Waals surface area contributed by atoms with Gasteiger partial charge in [-0.3, -0.25) is 4.68 Å². The van der Waals surface area contributed by atoms with Gasteiger partial charge in [0.2, 0.25) is 0 Å². The van der Waals surface area contributed by atoms with Crippen LogP contribution in [0.3, 0.4) is 0 Å². The average molecular weight is 191 g/mol. The summed E-state index contributed by atoms with van der Waals surface area (Å²) in [6, 6.07) is 2.13. The second-order valence-electron chi connectivity index (χ2n) is 3.92. The molecule has 0 bridgehead atoms. The second kappa shape index (κ2) is 3.96. The first-order valence-corrected chi connectivity index (χ1v) is 5.16. The summed E-state index contributed by atoms with van der Waals surface area (Å²) in [5.41, 5.74) is 3.78. The number of hydrogen-bond acceptors (Lipinski definition) is 2. The Labute approximate surface area is 84.8 Å². The maximum absolute atomic E-state index is 4.33. The SMILES string of the molecule is Cc1cc(C=C2CCCNC2)n(C)n1. The van der Waals surface area contributed by atoms with Gasteiger partial charge in [0.25, 0.3) is 0 Å². The van der Waals surface area contributed by atoms with Crippen LogP contribution < -0.4 is 5.32 Å². The van der Waals surface area contributed by atoms with E-state index < -0.39 is 0 Å². The molecule has 76 valence electrons. The third-order valence-corrected chi connectivity index (χ3v) is 2.59. The largest absolute Gasteiger partial charge is 0.313 e. The van der Waals surface area contributed by atoms with Crippen LogP contribution in [-0.4, -0.2) is 22.9 Å². The molecule has 2 rings (SSSR count). The van der Waals surface area contributed by atoms with Crippen LogP contribution in [0.4, 0.5) is 0 Å². The average Bonchev–Trinajstić information content (AvgIpc) is 2.47. The van der Waals surface area contributed by atoms with Crippen molar-refractivity contribution in [3.05, 3.63) is 23.0 Å². The smallest absolute Gasteiger partial charge is 0.0609 e. The van der Waals surface area contributed by atoms with Gasteiger partial charge in [0, 0.05) is 13.6 Å². The molecule has 1 aromatic heterocycles. The van der Waals surface area contributed by atoms with Crippen molar-refractivity contribution in [3.63, 3.8) is 0 Å². The summed E-state index contributed by atoms with van der Waals surface area (Å²) in [7, 11) is 2.00. The number of nitrogens with one attached hydrogen (secondary N) is 1. The van der Waals surface area contributed by atoms with Gasteiger partial charge in [0.05, 0.1) is 11.4 Å². The van der Waals surface area contributed by atoms with Crippen LogP contribution in [0.15, 0.2) is 11.6 Å². The monoisotopic (exact) mass is 191 g/mol. The Bertz CT molecular complexity index is 341. The van der Waals surface area contributed by atoms with E-state index in [1.165, 1.54) is 24.1 Å². The molecule has 0 spiro atoms. The lowest BCUT2D eigenvalue weighted by Crippen LogP contribution is -2.23. The lowest BCUT2D eigenvalue weighted by atomic mass is 10.1. The Kier molecular flexibility index (Phi) is 2.68. The van der Waals surface area contributed by atoms with E-state index in [1.807, 2.05) is 18.7 Å². The normalized spacial score (nSPS) is 20.3. The Morgan fingerprint density at radius 1 is 1.57 bits per heavy atom. The van der Waals surface area contributed by atoms with E-state index in [9.17, 15) is 0 Å². The molecule has 1 aromatic rings. The summed E-state index contributed by atoms with van der Waals surface area (Å²) in [5.74, 6) is 0. The molecular weight excluding hydrogens is 174 g/mol. The van der Waals surface area contributed by atoms with E-state index in [0.717, 1.165) is 18.8 Å². The summed E-state index contributed by atoms with van der Waals surface area (Å²) >= 11 is 0. The van der Waals surface area contributed by atoms with Gasteiger partial charge in [-0.1, -0.05) is 5.57 Å². The van der Waals surface area contributed by atoms with Crippen molar-refractivity contribution in [1.29, 1.82) is 0 Å². The summed E-state index contributed by atoms with van der Waals surface area (Å²) in [6.45, 7) is 4.22. The molecule has 0 unspecified atom stereocenters. The topological polar surface area (TPSA) is 29.9 Å². The Balaban J connectivity index is 2.18. The Morgan fingerprint density at radius 3 is 3.00 bits per heavy atom. The molecule has 0 aromatic carbocycles. The second-order valence-corrected chi connectivity index (χ2v) is 3.92. The van der Waals surface area contributed by atoms with E-state index in [4.69, 9.17) is 0 Å². The highest BCUT2D eigenvalue weighted by molar-refractivity contribution is 5.50. The third kappa shape index (κ3) is 2.04. The highest BCUT2D eigenvalue weighted by Crippen LogP contribution is 2.14. The van der Waals surface area contributed by atoms with Crippen molar-refractivity contribution in [1.82, 2.24) is 15.1 Å². The molecule has 14 heavy (non-hydrogen) atoms. The molecule has 0 saturated carbocycles. The molecule has 2 heterocycles. The third-order valence-electron chi connectivity index (χ3n) is 2.59. The fourth-order valence-corrected chi connectivity index (χ4v) is 1.88. The van der Waals surface area contributed by atoms with Crippen LogP contribution in [0.1, 0.15) is 24.2 Å². The molecule has 3 heteroatoms. The number of nitrogens with zero attached hydrogens (tertiary/aromatic N) is 2. The molecule has 3 nitrogen and oxygen atoms in total. The summed E-state index contributed by atoms with van der Waals surface area (Å²) in [6.07, 6.45) is 4.73. The fourth-order valence-electron chi connectivity index (χ4n) is 1.88. The van der Waals surface area contributed by atoms with E-state index in [0.29, 0.717) is 0 Å². The maximum Gasteiger partial charge on any atom is 0.0609 e. The first-order valence-electron chi connectivity index (χ1n) is 5.16. The number of hydrogen-bond donors (Lipinski definition) is 1. The summed E-state index contributed by atoms with van der Waals surface area (Å²) < 4.78 is 1.94. The fraction of sp³-hybridized carbons (Fsp3) is 0.545. The molecule has 0 amide bonds. The molecule has 1 N–H and O–H groups in total. The molecule has 1 aliphatic rings. The van der Waals surface area contributed by atoms with Gasteiger partial charge in [-0.15, -0.1) is 0 Å². The van der Waals surface area contributed by atoms with E-state index in [2.05, 4.69) is 22.6 Å². The van der Waals surface area contributed by atoms with Crippen LogP contribution in [0.5, 0.6) is 0 Å². The van der Waals surface area contributed by atoms with Crippen LogP contribution in [0.2, 0.25) is 0 Å². The zero-order chi connectivity index (χ0) is 9.97. The predicted molar refractivity (Wildman–Crippen MR) is 58.0 cm³/mol. The van der Waals surface area contributed by atoms with E-state index in [1.54, 1.807) is 0 Å². The Hall–Kier alpha value is -1.09. The predicted octanol–water partition coefficient (Wildman–Crippen LogP) is 1.50. The number of aryl methyl sites for hydroxylation is 2. The van der Waals surface area contributed by atoms with Gasteiger partial charge in [-0.05, 0) is 38.5 Å². The van der Waals surface area contributed by atoms with Gasteiger partial charge in [-0.2, -0.15) is 5.10 Å². The van der Waals surface area contributed by atoms with Crippen molar-refractivity contribution >= 4 is 6.08 Å². The van der Waals surface area contributed by atoms with Gasteiger partial charge in [-0.25, -0.2) is 0 Å². The van der Waals surface area contributed by atoms with Crippen LogP contribution in [0.25, 0.3) is 6.08 Å². The Morgan fingerprint density at radius 2 is 2.43 bits per heavy atom. The molecule has 0 atom stereocenters. The van der Waals surface area contributed by atoms with Crippen molar-refractivity contribution in [2.24, 2.45) is 7.05 Å². The van der Waals surface area contributed by atoms with Gasteiger partial charge in [0.1, 0.15) is 0 Å².